The summed E-state index contributed by atoms with van der Waals surface area (Å²) >= 11 is 0. The Kier molecular flexibility index (Phi) is 14.0. The number of carbonyl (C=O) groups is 4. The lowest BCUT2D eigenvalue weighted by Crippen LogP contribution is -2.39. The zero-order valence-electron chi connectivity index (χ0n) is 31.1. The predicted octanol–water partition coefficient (Wildman–Crippen LogP) is 7.46. The molecule has 0 aliphatic heterocycles. The predicted molar refractivity (Wildman–Crippen MR) is 207 cm³/mol. The Balaban J connectivity index is 1.22. The number of anilines is 2. The van der Waals surface area contributed by atoms with Crippen LogP contribution in [0, 0.1) is 0 Å². The average molecular weight is 851 g/mol. The van der Waals surface area contributed by atoms with Gasteiger partial charge in [0.25, 0.3) is 0 Å². The Morgan fingerprint density at radius 2 is 0.885 bits per heavy atom. The average Bonchev–Trinajstić information content (AvgIpc) is 3.20. The van der Waals surface area contributed by atoms with Crippen LogP contribution in [0.25, 0.3) is 12.2 Å². The normalized spacial score (nSPS) is 13.3. The molecule has 0 aliphatic carbocycles. The van der Waals surface area contributed by atoms with Crippen molar-refractivity contribution in [1.82, 2.24) is 0 Å². The first-order valence-corrected chi connectivity index (χ1v) is 17.6. The van der Waals surface area contributed by atoms with Gasteiger partial charge in [0, 0.05) is 11.4 Å². The number of alkyl halides is 6. The second-order valence-corrected chi connectivity index (χ2v) is 12.8. The fraction of sp³-hybridized carbons (Fsp3) is 0.116. The van der Waals surface area contributed by atoms with Crippen molar-refractivity contribution in [3.63, 3.8) is 0 Å². The van der Waals surface area contributed by atoms with Gasteiger partial charge in [0.2, 0.25) is 0 Å². The number of halogens is 6. The lowest BCUT2D eigenvalue weighted by Gasteiger charge is -2.26. The lowest BCUT2D eigenvalue weighted by molar-refractivity contribution is -0.275. The van der Waals surface area contributed by atoms with Gasteiger partial charge in [0.05, 0.1) is 17.0 Å². The van der Waals surface area contributed by atoms with Crippen LogP contribution in [0.5, 0.6) is 23.0 Å². The molecule has 18 heteroatoms. The summed E-state index contributed by atoms with van der Waals surface area (Å²) in [5.74, 6) is -6.12. The van der Waals surface area contributed by atoms with Gasteiger partial charge in [-0.15, -0.1) is 26.3 Å². The summed E-state index contributed by atoms with van der Waals surface area (Å²) in [4.78, 5) is 51.5. The molecule has 0 aromatic heterocycles. The molecule has 0 radical (unpaired) electrons. The van der Waals surface area contributed by atoms with Gasteiger partial charge in [-0.2, -0.15) is 0 Å². The first-order chi connectivity index (χ1) is 28.7. The Labute approximate surface area is 341 Å². The molecule has 61 heavy (non-hydrogen) atoms. The zero-order valence-corrected chi connectivity index (χ0v) is 31.1. The molecular weight excluding hydrogens is 818 g/mol. The molecule has 0 bridgehead atoms. The van der Waals surface area contributed by atoms with E-state index in [0.29, 0.717) is 11.1 Å². The summed E-state index contributed by atoms with van der Waals surface area (Å²) in [6.07, 6.45) is -9.22. The minimum absolute atomic E-state index is 0.0249. The van der Waals surface area contributed by atoms with Gasteiger partial charge < -0.3 is 40.6 Å². The van der Waals surface area contributed by atoms with Crippen LogP contribution in [0.1, 0.15) is 43.3 Å². The number of esters is 2. The third kappa shape index (κ3) is 13.0. The Bertz CT molecular complexity index is 2270. The van der Waals surface area contributed by atoms with Crippen LogP contribution in [0.2, 0.25) is 0 Å². The number of nitrogen functional groups attached to an aromatic ring is 2. The van der Waals surface area contributed by atoms with Crippen molar-refractivity contribution in [1.29, 1.82) is 0 Å². The van der Waals surface area contributed by atoms with E-state index >= 15 is 0 Å². The number of nitrogens with two attached hydrogens (primary N) is 2. The molecule has 0 spiro atoms. The summed E-state index contributed by atoms with van der Waals surface area (Å²) in [5.41, 5.74) is 12.9. The maximum absolute atomic E-state index is 13.3. The van der Waals surface area contributed by atoms with Crippen LogP contribution >= 0.6 is 0 Å². The number of ketones is 2. The fourth-order valence-electron chi connectivity index (χ4n) is 5.53. The Morgan fingerprint density at radius 1 is 0.525 bits per heavy atom. The SMILES string of the molecule is Nc1ccc(C(C(O)C(=O)/C=C/c2ccc(OC(=O)c3ccc(OC(F)(F)F)cc3)cc2)C(O)C(=O)/C=C/c2ccc(OC(=O)c3ccc(OC(F)(F)F)cc3)cc2)c(N)c1. The maximum Gasteiger partial charge on any atom is 0.573 e. The van der Waals surface area contributed by atoms with Gasteiger partial charge in [-0.25, -0.2) is 9.59 Å². The van der Waals surface area contributed by atoms with E-state index in [1.54, 1.807) is 0 Å². The molecule has 12 nitrogen and oxygen atoms in total. The highest BCUT2D eigenvalue weighted by atomic mass is 19.4. The van der Waals surface area contributed by atoms with Gasteiger partial charge in [0.15, 0.2) is 11.6 Å². The number of hydrogen-bond acceptors (Lipinski definition) is 12. The highest BCUT2D eigenvalue weighted by Gasteiger charge is 2.37. The van der Waals surface area contributed by atoms with Crippen molar-refractivity contribution in [2.24, 2.45) is 0 Å². The van der Waals surface area contributed by atoms with E-state index in [2.05, 4.69) is 9.47 Å². The van der Waals surface area contributed by atoms with Gasteiger partial charge in [-0.1, -0.05) is 42.5 Å². The molecule has 316 valence electrons. The van der Waals surface area contributed by atoms with Gasteiger partial charge in [-0.05, 0) is 114 Å². The summed E-state index contributed by atoms with van der Waals surface area (Å²) < 4.78 is 92.5. The molecule has 5 rings (SSSR count). The van der Waals surface area contributed by atoms with E-state index in [9.17, 15) is 55.7 Å². The third-order valence-corrected chi connectivity index (χ3v) is 8.44. The molecule has 2 unspecified atom stereocenters. The minimum Gasteiger partial charge on any atom is -0.423 e. The van der Waals surface area contributed by atoms with Gasteiger partial charge in [-0.3, -0.25) is 9.59 Å². The lowest BCUT2D eigenvalue weighted by atomic mass is 9.83. The maximum atomic E-state index is 13.3. The number of rotatable bonds is 15. The molecular formula is C43H32F6N2O10. The number of benzene rings is 5. The molecule has 0 saturated carbocycles. The van der Waals surface area contributed by atoms with Crippen LogP contribution in [-0.4, -0.2) is 58.7 Å². The zero-order chi connectivity index (χ0) is 44.5. The van der Waals surface area contributed by atoms with Crippen molar-refractivity contribution in [2.75, 3.05) is 11.5 Å². The molecule has 5 aromatic rings. The van der Waals surface area contributed by atoms with E-state index in [1.165, 1.54) is 78.9 Å². The van der Waals surface area contributed by atoms with Crippen molar-refractivity contribution in [3.05, 3.63) is 155 Å². The van der Waals surface area contributed by atoms with Gasteiger partial charge in [0.1, 0.15) is 35.2 Å². The number of carbonyl (C=O) groups excluding carboxylic acids is 4. The van der Waals surface area contributed by atoms with E-state index in [-0.39, 0.29) is 39.6 Å². The van der Waals surface area contributed by atoms with Crippen molar-refractivity contribution in [2.45, 2.75) is 30.9 Å². The first kappa shape index (κ1) is 44.7. The summed E-state index contributed by atoms with van der Waals surface area (Å²) in [6, 6.07) is 23.5. The molecule has 0 aliphatic rings. The summed E-state index contributed by atoms with van der Waals surface area (Å²) in [6.45, 7) is 0. The number of aliphatic hydroxyl groups excluding tert-OH is 2. The number of hydrogen-bond donors (Lipinski definition) is 4. The Morgan fingerprint density at radius 3 is 1.23 bits per heavy atom. The second-order valence-electron chi connectivity index (χ2n) is 12.8. The smallest absolute Gasteiger partial charge is 0.423 e. The van der Waals surface area contributed by atoms with E-state index in [4.69, 9.17) is 20.9 Å². The van der Waals surface area contributed by atoms with Crippen LogP contribution in [-0.2, 0) is 9.59 Å². The molecule has 0 amide bonds. The van der Waals surface area contributed by atoms with E-state index in [0.717, 1.165) is 60.7 Å². The van der Waals surface area contributed by atoms with E-state index < -0.39 is 65.9 Å². The molecule has 5 aromatic carbocycles. The fourth-order valence-corrected chi connectivity index (χ4v) is 5.53. The Hall–Kier alpha value is -7.44. The van der Waals surface area contributed by atoms with Crippen LogP contribution < -0.4 is 30.4 Å². The quantitative estimate of drug-likeness (QED) is 0.0267. The summed E-state index contributed by atoms with van der Waals surface area (Å²) in [7, 11) is 0. The highest BCUT2D eigenvalue weighted by molar-refractivity contribution is 6.01. The second kappa shape index (κ2) is 19.1. The largest absolute Gasteiger partial charge is 0.573 e. The molecule has 0 saturated heterocycles. The highest BCUT2D eigenvalue weighted by Crippen LogP contribution is 2.32. The van der Waals surface area contributed by atoms with Gasteiger partial charge >= 0.3 is 24.7 Å². The number of aliphatic hydroxyl groups is 2. The minimum atomic E-state index is -4.90. The molecule has 0 heterocycles. The topological polar surface area (TPSA) is 198 Å². The van der Waals surface area contributed by atoms with Crippen LogP contribution in [0.4, 0.5) is 37.7 Å². The van der Waals surface area contributed by atoms with Crippen molar-refractivity contribution in [3.8, 4) is 23.0 Å². The van der Waals surface area contributed by atoms with Crippen molar-refractivity contribution < 1.29 is 74.7 Å². The monoisotopic (exact) mass is 850 g/mol. The van der Waals surface area contributed by atoms with Crippen molar-refractivity contribution >= 4 is 47.0 Å². The molecule has 0 fully saturated rings. The molecule has 2 atom stereocenters. The molecule has 6 N–H and O–H groups in total. The number of ether oxygens (including phenoxy) is 4. The standard InChI is InChI=1S/C43H32F6N2O10/c44-42(45,46)60-31-16-7-26(8-17-31)40(56)58-29-12-1-24(2-13-29)5-21-35(52)38(54)37(33-20-11-28(50)23-34(33)51)39(55)36(53)22-6-25-3-14-30(15-4-25)59-41(57)27-9-18-32(19-10-27)61-43(47,48)49/h1-23,37-39,54-55H,50-51H2/b21-5+,22-6+. The van der Waals surface area contributed by atoms with Crippen LogP contribution in [0.15, 0.2) is 127 Å². The van der Waals surface area contributed by atoms with Crippen LogP contribution in [0.3, 0.4) is 0 Å². The third-order valence-electron chi connectivity index (χ3n) is 8.44. The summed E-state index contributed by atoms with van der Waals surface area (Å²) in [5, 5.41) is 22.5. The van der Waals surface area contributed by atoms with E-state index in [1.807, 2.05) is 0 Å². The first-order valence-electron chi connectivity index (χ1n) is 17.6.